The van der Waals surface area contributed by atoms with Crippen molar-refractivity contribution in [3.8, 4) is 0 Å². The Morgan fingerprint density at radius 2 is 2.33 bits per heavy atom. The Balaban J connectivity index is 1.54. The van der Waals surface area contributed by atoms with Gasteiger partial charge in [-0.1, -0.05) is 18.2 Å². The highest BCUT2D eigenvalue weighted by Crippen LogP contribution is 2.25. The molecule has 1 saturated heterocycles. The molecule has 130 valence electrons. The highest BCUT2D eigenvalue weighted by molar-refractivity contribution is 7.17. The van der Waals surface area contributed by atoms with Gasteiger partial charge in [-0.3, -0.25) is 0 Å². The number of aliphatic hydroxyl groups excluding tert-OH is 1. The van der Waals surface area contributed by atoms with Crippen molar-refractivity contribution in [1.29, 1.82) is 0 Å². The SMILES string of the molecule is CC(O)CC1COCCN1C(=O)NCCc1csc2ccccc12. The molecule has 0 radical (unpaired) electrons. The lowest BCUT2D eigenvalue weighted by Crippen LogP contribution is -2.53. The van der Waals surface area contributed by atoms with Crippen LogP contribution in [0.5, 0.6) is 0 Å². The number of aliphatic hydroxyl groups is 1. The average Bonchev–Trinajstić information content (AvgIpc) is 2.98. The first-order chi connectivity index (χ1) is 11.6. The average molecular weight is 348 g/mol. The summed E-state index contributed by atoms with van der Waals surface area (Å²) >= 11 is 1.74. The van der Waals surface area contributed by atoms with Crippen molar-refractivity contribution in [2.45, 2.75) is 31.9 Å². The number of fused-ring (bicyclic) bond motifs is 1. The van der Waals surface area contributed by atoms with Crippen LogP contribution in [0.25, 0.3) is 10.1 Å². The molecule has 5 nitrogen and oxygen atoms in total. The first-order valence-corrected chi connectivity index (χ1v) is 9.28. The number of rotatable bonds is 5. The lowest BCUT2D eigenvalue weighted by atomic mass is 10.1. The standard InChI is InChI=1S/C18H24N2O3S/c1-13(21)10-15-11-23-9-8-20(15)18(22)19-7-6-14-12-24-17-5-3-2-4-16(14)17/h2-5,12-13,15,21H,6-11H2,1H3,(H,19,22). The van der Waals surface area contributed by atoms with E-state index in [9.17, 15) is 9.90 Å². The molecule has 1 aromatic carbocycles. The van der Waals surface area contributed by atoms with Crippen LogP contribution in [0.2, 0.25) is 0 Å². The van der Waals surface area contributed by atoms with Crippen LogP contribution in [-0.2, 0) is 11.2 Å². The number of morpholine rings is 1. The molecule has 3 rings (SSSR count). The van der Waals surface area contributed by atoms with E-state index in [1.165, 1.54) is 15.6 Å². The highest BCUT2D eigenvalue weighted by Gasteiger charge is 2.28. The summed E-state index contributed by atoms with van der Waals surface area (Å²) in [6.07, 6.45) is 0.924. The van der Waals surface area contributed by atoms with E-state index in [-0.39, 0.29) is 12.1 Å². The normalized spacial score (nSPS) is 19.4. The van der Waals surface area contributed by atoms with Crippen LogP contribution in [0.4, 0.5) is 4.79 Å². The topological polar surface area (TPSA) is 61.8 Å². The van der Waals surface area contributed by atoms with Gasteiger partial charge in [0.05, 0.1) is 25.4 Å². The molecule has 24 heavy (non-hydrogen) atoms. The third kappa shape index (κ3) is 4.06. The number of thiophene rings is 1. The van der Waals surface area contributed by atoms with E-state index >= 15 is 0 Å². The van der Waals surface area contributed by atoms with Crippen LogP contribution < -0.4 is 5.32 Å². The van der Waals surface area contributed by atoms with Crippen LogP contribution in [-0.4, -0.2) is 54.5 Å². The van der Waals surface area contributed by atoms with Gasteiger partial charge in [-0.2, -0.15) is 0 Å². The molecule has 1 aromatic heterocycles. The summed E-state index contributed by atoms with van der Waals surface area (Å²) in [7, 11) is 0. The van der Waals surface area contributed by atoms with Gasteiger partial charge in [0.2, 0.25) is 0 Å². The number of ether oxygens (including phenoxy) is 1. The van der Waals surface area contributed by atoms with Gasteiger partial charge in [0.15, 0.2) is 0 Å². The lowest BCUT2D eigenvalue weighted by Gasteiger charge is -2.36. The van der Waals surface area contributed by atoms with Crippen LogP contribution in [0.15, 0.2) is 29.6 Å². The smallest absolute Gasteiger partial charge is 0.317 e. The van der Waals surface area contributed by atoms with Gasteiger partial charge >= 0.3 is 6.03 Å². The van der Waals surface area contributed by atoms with Crippen LogP contribution in [0.3, 0.4) is 0 Å². The fourth-order valence-electron chi connectivity index (χ4n) is 3.14. The Kier molecular flexibility index (Phi) is 5.71. The molecule has 2 amide bonds. The van der Waals surface area contributed by atoms with Gasteiger partial charge in [0.25, 0.3) is 0 Å². The second-order valence-electron chi connectivity index (χ2n) is 6.25. The number of carbonyl (C=O) groups is 1. The molecule has 1 fully saturated rings. The number of carbonyl (C=O) groups excluding carboxylic acids is 1. The predicted molar refractivity (Wildman–Crippen MR) is 96.5 cm³/mol. The number of hydrogen-bond acceptors (Lipinski definition) is 4. The molecular weight excluding hydrogens is 324 g/mol. The van der Waals surface area contributed by atoms with E-state index in [4.69, 9.17) is 4.74 Å². The predicted octanol–water partition coefficient (Wildman–Crippen LogP) is 2.63. The summed E-state index contributed by atoms with van der Waals surface area (Å²) in [6, 6.07) is 8.22. The summed E-state index contributed by atoms with van der Waals surface area (Å²) < 4.78 is 6.73. The van der Waals surface area contributed by atoms with Crippen molar-refractivity contribution < 1.29 is 14.6 Å². The lowest BCUT2D eigenvalue weighted by molar-refractivity contribution is -0.00425. The van der Waals surface area contributed by atoms with Crippen molar-refractivity contribution in [2.24, 2.45) is 0 Å². The molecule has 2 heterocycles. The maximum absolute atomic E-state index is 12.5. The maximum atomic E-state index is 12.5. The minimum absolute atomic E-state index is 0.0549. The molecule has 2 unspecified atom stereocenters. The minimum Gasteiger partial charge on any atom is -0.393 e. The van der Waals surface area contributed by atoms with E-state index < -0.39 is 6.10 Å². The van der Waals surface area contributed by atoms with Gasteiger partial charge in [0, 0.05) is 17.8 Å². The number of hydrogen-bond donors (Lipinski definition) is 2. The zero-order valence-corrected chi connectivity index (χ0v) is 14.7. The molecule has 0 bridgehead atoms. The van der Waals surface area contributed by atoms with Crippen LogP contribution in [0, 0.1) is 0 Å². The van der Waals surface area contributed by atoms with Crippen LogP contribution >= 0.6 is 11.3 Å². The van der Waals surface area contributed by atoms with Crippen molar-refractivity contribution >= 4 is 27.5 Å². The molecule has 1 aliphatic rings. The zero-order valence-electron chi connectivity index (χ0n) is 13.9. The van der Waals surface area contributed by atoms with Gasteiger partial charge < -0.3 is 20.1 Å². The van der Waals surface area contributed by atoms with E-state index in [0.29, 0.717) is 32.7 Å². The Bertz CT molecular complexity index is 686. The fourth-order valence-corrected chi connectivity index (χ4v) is 4.14. The van der Waals surface area contributed by atoms with Crippen molar-refractivity contribution in [1.82, 2.24) is 10.2 Å². The van der Waals surface area contributed by atoms with E-state index in [2.05, 4.69) is 22.8 Å². The summed E-state index contributed by atoms with van der Waals surface area (Å²) in [5, 5.41) is 16.0. The Labute approximate surface area is 146 Å². The number of benzene rings is 1. The molecule has 1 aliphatic heterocycles. The quantitative estimate of drug-likeness (QED) is 0.873. The number of nitrogens with zero attached hydrogens (tertiary/aromatic N) is 1. The monoisotopic (exact) mass is 348 g/mol. The van der Waals surface area contributed by atoms with Gasteiger partial charge in [-0.05, 0) is 42.2 Å². The second-order valence-corrected chi connectivity index (χ2v) is 7.16. The minimum atomic E-state index is -0.441. The Morgan fingerprint density at radius 1 is 1.50 bits per heavy atom. The molecule has 0 saturated carbocycles. The molecule has 2 N–H and O–H groups in total. The van der Waals surface area contributed by atoms with Gasteiger partial charge in [0.1, 0.15) is 0 Å². The molecule has 0 spiro atoms. The third-order valence-electron chi connectivity index (χ3n) is 4.33. The first kappa shape index (κ1) is 17.2. The summed E-state index contributed by atoms with van der Waals surface area (Å²) in [5.41, 5.74) is 1.28. The van der Waals surface area contributed by atoms with E-state index in [1.54, 1.807) is 23.2 Å². The summed E-state index contributed by atoms with van der Waals surface area (Å²) in [4.78, 5) is 14.3. The van der Waals surface area contributed by atoms with Crippen LogP contribution in [0.1, 0.15) is 18.9 Å². The molecular formula is C18H24N2O3S. The molecule has 6 heteroatoms. The molecule has 2 aromatic rings. The largest absolute Gasteiger partial charge is 0.393 e. The second kappa shape index (κ2) is 7.96. The molecule has 2 atom stereocenters. The highest BCUT2D eigenvalue weighted by atomic mass is 32.1. The van der Waals surface area contributed by atoms with Gasteiger partial charge in [-0.25, -0.2) is 4.79 Å². The first-order valence-electron chi connectivity index (χ1n) is 8.40. The van der Waals surface area contributed by atoms with Crippen molar-refractivity contribution in [3.05, 3.63) is 35.2 Å². The zero-order chi connectivity index (χ0) is 16.9. The van der Waals surface area contributed by atoms with E-state index in [0.717, 1.165) is 6.42 Å². The Morgan fingerprint density at radius 3 is 3.17 bits per heavy atom. The van der Waals surface area contributed by atoms with E-state index in [1.807, 2.05) is 12.1 Å². The van der Waals surface area contributed by atoms with Crippen molar-refractivity contribution in [3.63, 3.8) is 0 Å². The number of urea groups is 1. The summed E-state index contributed by atoms with van der Waals surface area (Å²) in [5.74, 6) is 0. The van der Waals surface area contributed by atoms with Crippen molar-refractivity contribution in [2.75, 3.05) is 26.3 Å². The fraction of sp³-hybridized carbons (Fsp3) is 0.500. The summed E-state index contributed by atoms with van der Waals surface area (Å²) in [6.45, 7) is 3.97. The molecule has 0 aliphatic carbocycles. The third-order valence-corrected chi connectivity index (χ3v) is 5.35. The number of amides is 2. The number of nitrogens with one attached hydrogen (secondary N) is 1. The maximum Gasteiger partial charge on any atom is 0.317 e. The van der Waals surface area contributed by atoms with Gasteiger partial charge in [-0.15, -0.1) is 11.3 Å². The Hall–Kier alpha value is -1.63.